The third-order valence-electron chi connectivity index (χ3n) is 4.83. The minimum Gasteiger partial charge on any atom is -0.310 e. The number of hydrogen-bond donors (Lipinski definition) is 0. The Hall–Kier alpha value is -3.35. The average molecular weight is 414 g/mol. The summed E-state index contributed by atoms with van der Waals surface area (Å²) >= 11 is 0. The second-order valence-electron chi connectivity index (χ2n) is 6.91. The lowest BCUT2D eigenvalue weighted by molar-refractivity contribution is -0.137. The molecule has 3 aromatic rings. The van der Waals surface area contributed by atoms with E-state index in [4.69, 9.17) is 0 Å². The van der Waals surface area contributed by atoms with E-state index in [2.05, 4.69) is 0 Å². The number of alkyl halides is 3. The van der Waals surface area contributed by atoms with Crippen molar-refractivity contribution < 1.29 is 18.0 Å². The first kappa shape index (κ1) is 21.4. The van der Waals surface area contributed by atoms with Gasteiger partial charge < -0.3 is 9.47 Å². The van der Waals surface area contributed by atoms with E-state index in [1.807, 2.05) is 38.1 Å². The summed E-state index contributed by atoms with van der Waals surface area (Å²) in [5, 5.41) is 0. The topological polar surface area (TPSA) is 42.3 Å². The van der Waals surface area contributed by atoms with Crippen LogP contribution in [0.5, 0.6) is 0 Å². The van der Waals surface area contributed by atoms with Crippen LogP contribution in [0.1, 0.15) is 34.0 Å². The van der Waals surface area contributed by atoms with Crippen LogP contribution in [0.25, 0.3) is 0 Å². The Morgan fingerprint density at radius 3 is 2.27 bits per heavy atom. The molecule has 2 aromatic carbocycles. The molecule has 0 fully saturated rings. The number of carbonyl (C=O) groups is 1. The first-order chi connectivity index (χ1) is 14.2. The zero-order chi connectivity index (χ0) is 21.9. The monoisotopic (exact) mass is 414 g/mol. The Labute approximate surface area is 172 Å². The Balaban J connectivity index is 1.88. The van der Waals surface area contributed by atoms with Gasteiger partial charge in [0.1, 0.15) is 0 Å². The number of halogens is 3. The van der Waals surface area contributed by atoms with Gasteiger partial charge in [-0.3, -0.25) is 9.59 Å². The Morgan fingerprint density at radius 2 is 1.67 bits per heavy atom. The molecule has 156 valence electrons. The van der Waals surface area contributed by atoms with Crippen molar-refractivity contribution in [1.82, 2.24) is 4.57 Å². The number of aryl methyl sites for hydroxylation is 1. The van der Waals surface area contributed by atoms with Crippen molar-refractivity contribution in [2.75, 3.05) is 11.4 Å². The molecular weight excluding hydrogens is 393 g/mol. The molecule has 3 rings (SSSR count). The molecule has 0 aliphatic rings. The minimum absolute atomic E-state index is 0.0641. The van der Waals surface area contributed by atoms with E-state index in [1.54, 1.807) is 4.90 Å². The van der Waals surface area contributed by atoms with E-state index < -0.39 is 11.7 Å². The number of carbonyl (C=O) groups excluding carboxylic acids is 1. The van der Waals surface area contributed by atoms with Crippen LogP contribution in [0.15, 0.2) is 71.7 Å². The summed E-state index contributed by atoms with van der Waals surface area (Å²) in [6, 6.07) is 14.9. The number of hydrogen-bond acceptors (Lipinski definition) is 2. The highest BCUT2D eigenvalue weighted by atomic mass is 19.4. The van der Waals surface area contributed by atoms with Gasteiger partial charge >= 0.3 is 6.18 Å². The molecule has 0 aliphatic heterocycles. The Bertz CT molecular complexity index is 1100. The summed E-state index contributed by atoms with van der Waals surface area (Å²) in [6.45, 7) is 4.29. The highest BCUT2D eigenvalue weighted by Gasteiger charge is 2.29. The van der Waals surface area contributed by atoms with E-state index in [0.717, 1.165) is 23.4 Å². The maximum absolute atomic E-state index is 13.1. The van der Waals surface area contributed by atoms with Gasteiger partial charge in [0.2, 0.25) is 0 Å². The first-order valence-corrected chi connectivity index (χ1v) is 9.45. The molecule has 0 unspecified atom stereocenters. The van der Waals surface area contributed by atoms with Crippen molar-refractivity contribution in [3.05, 3.63) is 99.5 Å². The summed E-state index contributed by atoms with van der Waals surface area (Å²) in [7, 11) is 0. The number of aromatic nitrogens is 1. The van der Waals surface area contributed by atoms with Gasteiger partial charge in [-0.1, -0.05) is 30.3 Å². The van der Waals surface area contributed by atoms with Crippen LogP contribution in [0.4, 0.5) is 18.9 Å². The van der Waals surface area contributed by atoms with E-state index in [1.165, 1.54) is 35.0 Å². The summed E-state index contributed by atoms with van der Waals surface area (Å²) < 4.78 is 39.5. The van der Waals surface area contributed by atoms with Gasteiger partial charge in [0.15, 0.2) is 0 Å². The normalized spacial score (nSPS) is 11.4. The van der Waals surface area contributed by atoms with E-state index in [9.17, 15) is 22.8 Å². The standard InChI is InChI=1S/C23H21F3N2O2/c1-3-28(20-7-5-4-6-16(20)2)22(30)18-10-13-21(29)27(15-18)14-17-8-11-19(12-9-17)23(24,25)26/h4-13,15H,3,14H2,1-2H3. The van der Waals surface area contributed by atoms with Gasteiger partial charge in [-0.25, -0.2) is 0 Å². The summed E-state index contributed by atoms with van der Waals surface area (Å²) in [6.07, 6.45) is -2.97. The van der Waals surface area contributed by atoms with Gasteiger partial charge in [0.25, 0.3) is 11.5 Å². The van der Waals surface area contributed by atoms with Crippen molar-refractivity contribution in [2.45, 2.75) is 26.6 Å². The number of rotatable bonds is 5. The van der Waals surface area contributed by atoms with Crippen LogP contribution in [-0.4, -0.2) is 17.0 Å². The number of anilines is 1. The minimum atomic E-state index is -4.42. The molecule has 0 aliphatic carbocycles. The average Bonchev–Trinajstić information content (AvgIpc) is 2.71. The second kappa shape index (κ2) is 8.57. The number of nitrogens with zero attached hydrogens (tertiary/aromatic N) is 2. The molecular formula is C23H21F3N2O2. The van der Waals surface area contributed by atoms with E-state index in [-0.39, 0.29) is 18.0 Å². The number of pyridine rings is 1. The summed E-state index contributed by atoms with van der Waals surface area (Å²) in [5.41, 5.74) is 1.49. The van der Waals surface area contributed by atoms with E-state index >= 15 is 0 Å². The van der Waals surface area contributed by atoms with Gasteiger partial charge in [0.05, 0.1) is 17.7 Å². The van der Waals surface area contributed by atoms with Crippen LogP contribution in [0.3, 0.4) is 0 Å². The zero-order valence-electron chi connectivity index (χ0n) is 16.6. The molecule has 7 heteroatoms. The molecule has 0 radical (unpaired) electrons. The zero-order valence-corrected chi connectivity index (χ0v) is 16.6. The van der Waals surface area contributed by atoms with Gasteiger partial charge in [0, 0.05) is 24.5 Å². The van der Waals surface area contributed by atoms with Crippen molar-refractivity contribution in [1.29, 1.82) is 0 Å². The largest absolute Gasteiger partial charge is 0.416 e. The second-order valence-corrected chi connectivity index (χ2v) is 6.91. The molecule has 0 spiro atoms. The fourth-order valence-corrected chi connectivity index (χ4v) is 3.22. The predicted octanol–water partition coefficient (Wildman–Crippen LogP) is 4.89. The first-order valence-electron chi connectivity index (χ1n) is 9.45. The fourth-order valence-electron chi connectivity index (χ4n) is 3.22. The van der Waals surface area contributed by atoms with Gasteiger partial charge in [-0.05, 0) is 49.2 Å². The number of para-hydroxylation sites is 1. The highest BCUT2D eigenvalue weighted by Crippen LogP contribution is 2.29. The molecule has 4 nitrogen and oxygen atoms in total. The van der Waals surface area contributed by atoms with Crippen LogP contribution < -0.4 is 10.5 Å². The molecule has 1 amide bonds. The van der Waals surface area contributed by atoms with Crippen molar-refractivity contribution in [3.63, 3.8) is 0 Å². The van der Waals surface area contributed by atoms with Crippen molar-refractivity contribution in [2.24, 2.45) is 0 Å². The maximum Gasteiger partial charge on any atom is 0.416 e. The molecule has 1 aromatic heterocycles. The molecule has 1 heterocycles. The molecule has 0 saturated heterocycles. The third kappa shape index (κ3) is 4.62. The lowest BCUT2D eigenvalue weighted by atomic mass is 10.1. The van der Waals surface area contributed by atoms with Gasteiger partial charge in [-0.15, -0.1) is 0 Å². The third-order valence-corrected chi connectivity index (χ3v) is 4.83. The fraction of sp³-hybridized carbons (Fsp3) is 0.217. The highest BCUT2D eigenvalue weighted by molar-refractivity contribution is 6.06. The molecule has 30 heavy (non-hydrogen) atoms. The number of amides is 1. The van der Waals surface area contributed by atoms with Gasteiger partial charge in [-0.2, -0.15) is 13.2 Å². The van der Waals surface area contributed by atoms with Crippen LogP contribution in [-0.2, 0) is 12.7 Å². The Morgan fingerprint density at radius 1 is 1.00 bits per heavy atom. The van der Waals surface area contributed by atoms with Crippen molar-refractivity contribution >= 4 is 11.6 Å². The van der Waals surface area contributed by atoms with Crippen LogP contribution in [0.2, 0.25) is 0 Å². The molecule has 0 saturated carbocycles. The maximum atomic E-state index is 13.1. The van der Waals surface area contributed by atoms with Crippen molar-refractivity contribution in [3.8, 4) is 0 Å². The summed E-state index contributed by atoms with van der Waals surface area (Å²) in [4.78, 5) is 27.0. The molecule has 0 bridgehead atoms. The molecule has 0 atom stereocenters. The van der Waals surface area contributed by atoms with Crippen LogP contribution >= 0.6 is 0 Å². The lowest BCUT2D eigenvalue weighted by Gasteiger charge is -2.23. The lowest BCUT2D eigenvalue weighted by Crippen LogP contribution is -2.32. The van der Waals surface area contributed by atoms with Crippen LogP contribution in [0, 0.1) is 6.92 Å². The smallest absolute Gasteiger partial charge is 0.310 e. The summed E-state index contributed by atoms with van der Waals surface area (Å²) in [5.74, 6) is -0.257. The Kier molecular flexibility index (Phi) is 6.10. The SMILES string of the molecule is CCN(C(=O)c1ccc(=O)n(Cc2ccc(C(F)(F)F)cc2)c1)c1ccccc1C. The van der Waals surface area contributed by atoms with E-state index in [0.29, 0.717) is 17.7 Å². The quantitative estimate of drug-likeness (QED) is 0.597. The predicted molar refractivity (Wildman–Crippen MR) is 110 cm³/mol. The number of benzene rings is 2. The molecule has 0 N–H and O–H groups in total.